The number of benzene rings is 2. The van der Waals surface area contributed by atoms with Crippen molar-refractivity contribution in [3.05, 3.63) is 65.2 Å². The van der Waals surface area contributed by atoms with Crippen LogP contribution < -0.4 is 4.74 Å². The second kappa shape index (κ2) is 6.24. The summed E-state index contributed by atoms with van der Waals surface area (Å²) in [5, 5.41) is 0. The number of ether oxygens (including phenoxy) is 2. The van der Waals surface area contributed by atoms with Crippen molar-refractivity contribution in [2.24, 2.45) is 0 Å². The molecule has 1 atom stereocenters. The molecule has 4 heteroatoms. The molecule has 0 spiro atoms. The molecule has 1 aliphatic heterocycles. The first-order valence-corrected chi connectivity index (χ1v) is 7.65. The van der Waals surface area contributed by atoms with Crippen molar-refractivity contribution in [3.63, 3.8) is 0 Å². The SMILES string of the molecule is CC(C)OC(=O)c1ccc2c(c1)C(c1ccccc1)CC(=O)O2. The summed E-state index contributed by atoms with van der Waals surface area (Å²) in [5.74, 6) is -0.231. The monoisotopic (exact) mass is 310 g/mol. The van der Waals surface area contributed by atoms with Crippen LogP contribution in [0.25, 0.3) is 0 Å². The van der Waals surface area contributed by atoms with Gasteiger partial charge in [-0.3, -0.25) is 4.79 Å². The van der Waals surface area contributed by atoms with E-state index in [1.807, 2.05) is 44.2 Å². The molecule has 3 rings (SSSR count). The normalized spacial score (nSPS) is 16.7. The number of hydrogen-bond acceptors (Lipinski definition) is 4. The van der Waals surface area contributed by atoms with Crippen LogP contribution in [0.15, 0.2) is 48.5 Å². The van der Waals surface area contributed by atoms with Crippen LogP contribution >= 0.6 is 0 Å². The van der Waals surface area contributed by atoms with Crippen LogP contribution in [0.3, 0.4) is 0 Å². The standard InChI is InChI=1S/C19H18O4/c1-12(2)22-19(21)14-8-9-17-16(10-14)15(11-18(20)23-17)13-6-4-3-5-7-13/h3-10,12,15H,11H2,1-2H3. The van der Waals surface area contributed by atoms with Crippen LogP contribution in [-0.4, -0.2) is 18.0 Å². The molecule has 118 valence electrons. The van der Waals surface area contributed by atoms with Gasteiger partial charge in [0.1, 0.15) is 5.75 Å². The summed E-state index contributed by atoms with van der Waals surface area (Å²) in [5.41, 5.74) is 2.34. The number of carbonyl (C=O) groups excluding carboxylic acids is 2. The number of esters is 2. The van der Waals surface area contributed by atoms with E-state index in [1.165, 1.54) is 0 Å². The molecular weight excluding hydrogens is 292 g/mol. The van der Waals surface area contributed by atoms with Gasteiger partial charge in [-0.15, -0.1) is 0 Å². The second-order valence-corrected chi connectivity index (χ2v) is 5.85. The van der Waals surface area contributed by atoms with Crippen molar-refractivity contribution >= 4 is 11.9 Å². The lowest BCUT2D eigenvalue weighted by molar-refractivity contribution is -0.135. The third-order valence-corrected chi connectivity index (χ3v) is 3.76. The average Bonchev–Trinajstić information content (AvgIpc) is 2.53. The lowest BCUT2D eigenvalue weighted by Crippen LogP contribution is -2.22. The number of carbonyl (C=O) groups is 2. The first-order chi connectivity index (χ1) is 11.0. The average molecular weight is 310 g/mol. The zero-order valence-electron chi connectivity index (χ0n) is 13.1. The van der Waals surface area contributed by atoms with E-state index >= 15 is 0 Å². The summed E-state index contributed by atoms with van der Waals surface area (Å²) in [6.45, 7) is 3.62. The van der Waals surface area contributed by atoms with Crippen LogP contribution in [0, 0.1) is 0 Å². The van der Waals surface area contributed by atoms with Crippen molar-refractivity contribution in [3.8, 4) is 5.75 Å². The Balaban J connectivity index is 2.01. The van der Waals surface area contributed by atoms with E-state index in [1.54, 1.807) is 18.2 Å². The first kappa shape index (κ1) is 15.3. The molecule has 0 N–H and O–H groups in total. The molecule has 0 bridgehead atoms. The fourth-order valence-electron chi connectivity index (χ4n) is 2.75. The van der Waals surface area contributed by atoms with Gasteiger partial charge in [-0.05, 0) is 37.6 Å². The molecule has 4 nitrogen and oxygen atoms in total. The molecule has 0 fully saturated rings. The molecule has 23 heavy (non-hydrogen) atoms. The van der Waals surface area contributed by atoms with E-state index in [0.717, 1.165) is 11.1 Å². The van der Waals surface area contributed by atoms with Gasteiger partial charge in [-0.25, -0.2) is 4.79 Å². The predicted octanol–water partition coefficient (Wildman–Crippen LogP) is 3.69. The largest absolute Gasteiger partial charge is 0.459 e. The van der Waals surface area contributed by atoms with Crippen molar-refractivity contribution in [2.75, 3.05) is 0 Å². The first-order valence-electron chi connectivity index (χ1n) is 7.65. The van der Waals surface area contributed by atoms with E-state index in [9.17, 15) is 9.59 Å². The van der Waals surface area contributed by atoms with Gasteiger partial charge in [-0.1, -0.05) is 30.3 Å². The van der Waals surface area contributed by atoms with Gasteiger partial charge >= 0.3 is 11.9 Å². The van der Waals surface area contributed by atoms with Gasteiger partial charge in [-0.2, -0.15) is 0 Å². The minimum Gasteiger partial charge on any atom is -0.459 e. The van der Waals surface area contributed by atoms with E-state index in [2.05, 4.69) is 0 Å². The predicted molar refractivity (Wildman–Crippen MR) is 85.5 cm³/mol. The molecule has 1 aliphatic rings. The molecule has 0 saturated carbocycles. The van der Waals surface area contributed by atoms with E-state index in [4.69, 9.17) is 9.47 Å². The van der Waals surface area contributed by atoms with E-state index in [-0.39, 0.29) is 30.4 Å². The van der Waals surface area contributed by atoms with Crippen LogP contribution in [0.4, 0.5) is 0 Å². The maximum absolute atomic E-state index is 12.1. The van der Waals surface area contributed by atoms with Gasteiger partial charge in [0.25, 0.3) is 0 Å². The van der Waals surface area contributed by atoms with E-state index < -0.39 is 0 Å². The van der Waals surface area contributed by atoms with Gasteiger partial charge in [0.2, 0.25) is 0 Å². The third-order valence-electron chi connectivity index (χ3n) is 3.76. The Morgan fingerprint density at radius 1 is 1.17 bits per heavy atom. The zero-order chi connectivity index (χ0) is 16.4. The summed E-state index contributed by atoms with van der Waals surface area (Å²) in [6.07, 6.45) is 0.0842. The molecule has 1 heterocycles. The Morgan fingerprint density at radius 2 is 1.91 bits per heavy atom. The third kappa shape index (κ3) is 3.26. The Morgan fingerprint density at radius 3 is 2.61 bits per heavy atom. The zero-order valence-corrected chi connectivity index (χ0v) is 13.1. The van der Waals surface area contributed by atoms with Crippen molar-refractivity contribution in [1.82, 2.24) is 0 Å². The fourth-order valence-corrected chi connectivity index (χ4v) is 2.75. The number of hydrogen-bond donors (Lipinski definition) is 0. The fraction of sp³-hybridized carbons (Fsp3) is 0.263. The smallest absolute Gasteiger partial charge is 0.338 e. The summed E-state index contributed by atoms with van der Waals surface area (Å²) < 4.78 is 10.6. The van der Waals surface area contributed by atoms with Gasteiger partial charge < -0.3 is 9.47 Å². The molecule has 2 aromatic rings. The summed E-state index contributed by atoms with van der Waals surface area (Å²) in [4.78, 5) is 24.0. The van der Waals surface area contributed by atoms with E-state index in [0.29, 0.717) is 11.3 Å². The topological polar surface area (TPSA) is 52.6 Å². The van der Waals surface area contributed by atoms with Crippen LogP contribution in [-0.2, 0) is 9.53 Å². The van der Waals surface area contributed by atoms with Crippen LogP contribution in [0.2, 0.25) is 0 Å². The Labute approximate surface area is 135 Å². The lowest BCUT2D eigenvalue weighted by atomic mass is 9.85. The summed E-state index contributed by atoms with van der Waals surface area (Å²) in [7, 11) is 0. The lowest BCUT2D eigenvalue weighted by Gasteiger charge is -2.25. The van der Waals surface area contributed by atoms with Gasteiger partial charge in [0.05, 0.1) is 18.1 Å². The van der Waals surface area contributed by atoms with Crippen molar-refractivity contribution in [2.45, 2.75) is 32.3 Å². The highest BCUT2D eigenvalue weighted by molar-refractivity contribution is 5.90. The summed E-state index contributed by atoms with van der Waals surface area (Å²) in [6, 6.07) is 14.8. The quantitative estimate of drug-likeness (QED) is 0.641. The number of fused-ring (bicyclic) bond motifs is 1. The highest BCUT2D eigenvalue weighted by Gasteiger charge is 2.29. The highest BCUT2D eigenvalue weighted by atomic mass is 16.5. The molecule has 0 amide bonds. The van der Waals surface area contributed by atoms with Gasteiger partial charge in [0, 0.05) is 11.5 Å². The maximum atomic E-state index is 12.1. The minimum atomic E-state index is -0.369. The maximum Gasteiger partial charge on any atom is 0.338 e. The van der Waals surface area contributed by atoms with Crippen LogP contribution in [0.5, 0.6) is 5.75 Å². The minimum absolute atomic E-state index is 0.112. The molecular formula is C19H18O4. The Hall–Kier alpha value is -2.62. The molecule has 0 saturated heterocycles. The molecule has 0 aromatic heterocycles. The van der Waals surface area contributed by atoms with Crippen molar-refractivity contribution < 1.29 is 19.1 Å². The van der Waals surface area contributed by atoms with Crippen LogP contribution in [0.1, 0.15) is 47.7 Å². The second-order valence-electron chi connectivity index (χ2n) is 5.85. The summed E-state index contributed by atoms with van der Waals surface area (Å²) >= 11 is 0. The molecule has 0 aliphatic carbocycles. The number of rotatable bonds is 3. The Bertz CT molecular complexity index is 734. The highest BCUT2D eigenvalue weighted by Crippen LogP contribution is 2.39. The Kier molecular flexibility index (Phi) is 4.15. The van der Waals surface area contributed by atoms with Gasteiger partial charge in [0.15, 0.2) is 0 Å². The van der Waals surface area contributed by atoms with Crippen molar-refractivity contribution in [1.29, 1.82) is 0 Å². The molecule has 0 radical (unpaired) electrons. The molecule has 1 unspecified atom stereocenters. The molecule has 2 aromatic carbocycles.